The highest BCUT2D eigenvalue weighted by Crippen LogP contribution is 2.21. The van der Waals surface area contributed by atoms with Gasteiger partial charge in [-0.15, -0.1) is 0 Å². The molecule has 0 N–H and O–H groups in total. The first-order chi connectivity index (χ1) is 7.47. The first-order valence-corrected chi connectivity index (χ1v) is 5.93. The molecule has 0 saturated heterocycles. The average molecular weight is 280 g/mol. The molecule has 0 fully saturated rings. The molecule has 2 aromatic heterocycles. The maximum absolute atomic E-state index is 4.41. The van der Waals surface area contributed by atoms with Gasteiger partial charge in [0.1, 0.15) is 0 Å². The van der Waals surface area contributed by atoms with Gasteiger partial charge in [0.25, 0.3) is 0 Å². The van der Waals surface area contributed by atoms with E-state index in [9.17, 15) is 0 Å². The van der Waals surface area contributed by atoms with E-state index in [1.54, 1.807) is 10.9 Å². The summed E-state index contributed by atoms with van der Waals surface area (Å²) in [6, 6.07) is 4.08. The smallest absolute Gasteiger partial charge is 0.153 e. The zero-order valence-electron chi connectivity index (χ0n) is 9.61. The van der Waals surface area contributed by atoms with E-state index in [0.717, 1.165) is 10.3 Å². The molecule has 0 atom stereocenters. The lowest BCUT2D eigenvalue weighted by atomic mass is 9.88. The van der Waals surface area contributed by atoms with E-state index in [1.807, 2.05) is 18.5 Å². The molecular weight excluding hydrogens is 266 g/mol. The van der Waals surface area contributed by atoms with Crippen LogP contribution in [0.4, 0.5) is 0 Å². The van der Waals surface area contributed by atoms with E-state index < -0.39 is 0 Å². The number of halogens is 1. The van der Waals surface area contributed by atoms with Crippen LogP contribution in [0.15, 0.2) is 35.2 Å². The molecule has 2 heterocycles. The molecule has 16 heavy (non-hydrogen) atoms. The Bertz CT molecular complexity index is 480. The van der Waals surface area contributed by atoms with Gasteiger partial charge in [0, 0.05) is 12.4 Å². The van der Waals surface area contributed by atoms with E-state index in [0.29, 0.717) is 0 Å². The first-order valence-electron chi connectivity index (χ1n) is 5.14. The van der Waals surface area contributed by atoms with Gasteiger partial charge in [-0.2, -0.15) is 5.10 Å². The summed E-state index contributed by atoms with van der Waals surface area (Å²) in [5, 5.41) is 4.19. The van der Waals surface area contributed by atoms with Crippen LogP contribution in [-0.4, -0.2) is 14.8 Å². The largest absolute Gasteiger partial charge is 0.237 e. The van der Waals surface area contributed by atoms with Crippen molar-refractivity contribution in [1.82, 2.24) is 14.8 Å². The van der Waals surface area contributed by atoms with Gasteiger partial charge in [-0.1, -0.05) is 26.8 Å². The van der Waals surface area contributed by atoms with Crippen molar-refractivity contribution in [3.63, 3.8) is 0 Å². The van der Waals surface area contributed by atoms with Crippen LogP contribution in [0.2, 0.25) is 0 Å². The number of nitrogens with zero attached hydrogens (tertiary/aromatic N) is 3. The van der Waals surface area contributed by atoms with E-state index in [-0.39, 0.29) is 5.41 Å². The second-order valence-electron chi connectivity index (χ2n) is 4.76. The molecule has 0 aromatic carbocycles. The number of hydrogen-bond acceptors (Lipinski definition) is 2. The normalized spacial score (nSPS) is 11.8. The molecule has 2 rings (SSSR count). The Morgan fingerprint density at radius 3 is 2.38 bits per heavy atom. The van der Waals surface area contributed by atoms with Gasteiger partial charge in [-0.3, -0.25) is 0 Å². The van der Waals surface area contributed by atoms with Gasteiger partial charge >= 0.3 is 0 Å². The minimum absolute atomic E-state index is 0.135. The third-order valence-electron chi connectivity index (χ3n) is 2.40. The number of rotatable bonds is 1. The lowest BCUT2D eigenvalue weighted by Crippen LogP contribution is -2.11. The molecular formula is C12H14BrN3. The van der Waals surface area contributed by atoms with Crippen molar-refractivity contribution < 1.29 is 0 Å². The molecule has 0 aliphatic carbocycles. The zero-order chi connectivity index (χ0) is 11.8. The molecule has 0 unspecified atom stereocenters. The molecule has 0 saturated carbocycles. The Morgan fingerprint density at radius 1 is 1.19 bits per heavy atom. The van der Waals surface area contributed by atoms with E-state index in [1.165, 1.54) is 5.56 Å². The second-order valence-corrected chi connectivity index (χ2v) is 5.67. The Kier molecular flexibility index (Phi) is 2.84. The van der Waals surface area contributed by atoms with Crippen LogP contribution in [0.3, 0.4) is 0 Å². The minimum atomic E-state index is 0.135. The standard InChI is InChI=1S/C12H14BrN3/c1-12(2,3)9-4-5-11(14-6-9)16-8-10(13)7-15-16/h4-8H,1-3H3. The van der Waals surface area contributed by atoms with Gasteiger partial charge in [-0.25, -0.2) is 9.67 Å². The molecule has 84 valence electrons. The van der Waals surface area contributed by atoms with Crippen molar-refractivity contribution in [2.75, 3.05) is 0 Å². The fourth-order valence-electron chi connectivity index (χ4n) is 1.39. The predicted octanol–water partition coefficient (Wildman–Crippen LogP) is 3.33. The lowest BCUT2D eigenvalue weighted by molar-refractivity contribution is 0.586. The maximum atomic E-state index is 4.41. The average Bonchev–Trinajstić information content (AvgIpc) is 2.64. The van der Waals surface area contributed by atoms with Crippen LogP contribution in [0.5, 0.6) is 0 Å². The van der Waals surface area contributed by atoms with Gasteiger partial charge in [-0.05, 0) is 33.0 Å². The predicted molar refractivity (Wildman–Crippen MR) is 67.8 cm³/mol. The SMILES string of the molecule is CC(C)(C)c1ccc(-n2cc(Br)cn2)nc1. The molecule has 0 aliphatic heterocycles. The van der Waals surface area contributed by atoms with Crippen LogP contribution < -0.4 is 0 Å². The number of hydrogen-bond donors (Lipinski definition) is 0. The Labute approximate surface area is 104 Å². The van der Waals surface area contributed by atoms with Crippen LogP contribution in [0, 0.1) is 0 Å². The van der Waals surface area contributed by atoms with Gasteiger partial charge in [0.15, 0.2) is 5.82 Å². The maximum Gasteiger partial charge on any atom is 0.153 e. The summed E-state index contributed by atoms with van der Waals surface area (Å²) in [6.45, 7) is 6.52. The molecule has 2 aromatic rings. The molecule has 0 radical (unpaired) electrons. The summed E-state index contributed by atoms with van der Waals surface area (Å²) in [6.07, 6.45) is 5.55. The van der Waals surface area contributed by atoms with Crippen molar-refractivity contribution in [1.29, 1.82) is 0 Å². The Hall–Kier alpha value is -1.16. The highest BCUT2D eigenvalue weighted by molar-refractivity contribution is 9.10. The molecule has 3 nitrogen and oxygen atoms in total. The first kappa shape index (κ1) is 11.3. The minimum Gasteiger partial charge on any atom is -0.237 e. The molecule has 0 amide bonds. The highest BCUT2D eigenvalue weighted by atomic mass is 79.9. The third kappa shape index (κ3) is 2.32. The van der Waals surface area contributed by atoms with Gasteiger partial charge < -0.3 is 0 Å². The summed E-state index contributed by atoms with van der Waals surface area (Å²) >= 11 is 3.36. The highest BCUT2D eigenvalue weighted by Gasteiger charge is 2.13. The van der Waals surface area contributed by atoms with Crippen molar-refractivity contribution >= 4 is 15.9 Å². The van der Waals surface area contributed by atoms with Gasteiger partial charge in [0.05, 0.1) is 10.7 Å². The van der Waals surface area contributed by atoms with Crippen molar-refractivity contribution in [2.45, 2.75) is 26.2 Å². The summed E-state index contributed by atoms with van der Waals surface area (Å²) in [5.41, 5.74) is 1.36. The topological polar surface area (TPSA) is 30.7 Å². The van der Waals surface area contributed by atoms with Crippen LogP contribution in [-0.2, 0) is 5.41 Å². The summed E-state index contributed by atoms with van der Waals surface area (Å²) < 4.78 is 2.70. The summed E-state index contributed by atoms with van der Waals surface area (Å²) in [4.78, 5) is 4.41. The fourth-order valence-corrected chi connectivity index (χ4v) is 1.68. The quantitative estimate of drug-likeness (QED) is 0.802. The van der Waals surface area contributed by atoms with E-state index >= 15 is 0 Å². The molecule has 0 spiro atoms. The third-order valence-corrected chi connectivity index (χ3v) is 2.81. The Balaban J connectivity index is 2.33. The lowest BCUT2D eigenvalue weighted by Gasteiger charge is -2.18. The zero-order valence-corrected chi connectivity index (χ0v) is 11.2. The summed E-state index contributed by atoms with van der Waals surface area (Å²) in [7, 11) is 0. The van der Waals surface area contributed by atoms with E-state index in [2.05, 4.69) is 52.9 Å². The van der Waals surface area contributed by atoms with Crippen molar-refractivity contribution in [2.24, 2.45) is 0 Å². The van der Waals surface area contributed by atoms with Crippen molar-refractivity contribution in [3.05, 3.63) is 40.8 Å². The Morgan fingerprint density at radius 2 is 1.94 bits per heavy atom. The van der Waals surface area contributed by atoms with Crippen LogP contribution in [0.1, 0.15) is 26.3 Å². The second kappa shape index (κ2) is 4.01. The number of aromatic nitrogens is 3. The fraction of sp³-hybridized carbons (Fsp3) is 0.333. The molecule has 0 aliphatic rings. The van der Waals surface area contributed by atoms with Gasteiger partial charge in [0.2, 0.25) is 0 Å². The molecule has 0 bridgehead atoms. The summed E-state index contributed by atoms with van der Waals surface area (Å²) in [5.74, 6) is 0.832. The van der Waals surface area contributed by atoms with Crippen molar-refractivity contribution in [3.8, 4) is 5.82 Å². The van der Waals surface area contributed by atoms with Crippen LogP contribution >= 0.6 is 15.9 Å². The number of pyridine rings is 1. The monoisotopic (exact) mass is 279 g/mol. The molecule has 4 heteroatoms. The van der Waals surface area contributed by atoms with E-state index in [4.69, 9.17) is 0 Å². The van der Waals surface area contributed by atoms with Crippen LogP contribution in [0.25, 0.3) is 5.82 Å².